The Hall–Kier alpha value is -1.38. The molecule has 0 aliphatic heterocycles. The maximum absolute atomic E-state index is 4.87. The number of rotatable bonds is 2. The average molecular weight is 688 g/mol. The van der Waals surface area contributed by atoms with Crippen LogP contribution in [0, 0.1) is 32.8 Å². The molecule has 2 radical (unpaired) electrons. The first-order valence-electron chi connectivity index (χ1n) is 10.6. The Morgan fingerprint density at radius 2 is 1.64 bits per heavy atom. The van der Waals surface area contributed by atoms with Gasteiger partial charge in [-0.1, -0.05) is 56.5 Å². The Morgan fingerprint density at radius 1 is 0.939 bits per heavy atom. The number of imidazole rings is 1. The van der Waals surface area contributed by atoms with Crippen LogP contribution in [0.5, 0.6) is 0 Å². The Morgan fingerprint density at radius 3 is 2.30 bits per heavy atom. The molecular weight excluding hydrogens is 657 g/mol. The standard InChI is InChI=1S/C28H27N2.CH3.Ir.Y/c1-18-9-8-10-19(2)26(18)25-17-29-27-22-12-7-6-11-21(22)23-15-20(16-28(3,4)5)13-14-24(23)30(25)27;;;/h6-11,13-15,17H,16H2,1-5H3;1H3;;/q2*-1;;. The Balaban J connectivity index is 0.00000128. The zero-order valence-electron chi connectivity index (χ0n) is 20.3. The van der Waals surface area contributed by atoms with Crippen molar-refractivity contribution in [3.8, 4) is 11.3 Å². The maximum Gasteiger partial charge on any atom is 0.0639 e. The Kier molecular flexibility index (Phi) is 8.85. The molecule has 0 aliphatic carbocycles. The molecule has 5 aromatic rings. The van der Waals surface area contributed by atoms with E-state index in [9.17, 15) is 0 Å². The third kappa shape index (κ3) is 5.03. The first-order valence-corrected chi connectivity index (χ1v) is 10.6. The summed E-state index contributed by atoms with van der Waals surface area (Å²) in [5.41, 5.74) is 8.74. The molecule has 2 aromatic heterocycles. The summed E-state index contributed by atoms with van der Waals surface area (Å²) in [7, 11) is 0. The monoisotopic (exact) mass is 688 g/mol. The van der Waals surface area contributed by atoms with Crippen molar-refractivity contribution in [3.63, 3.8) is 0 Å². The summed E-state index contributed by atoms with van der Waals surface area (Å²) >= 11 is 0. The van der Waals surface area contributed by atoms with E-state index in [1.165, 1.54) is 38.5 Å². The zero-order valence-corrected chi connectivity index (χ0v) is 25.5. The molecule has 0 fully saturated rings. The zero-order chi connectivity index (χ0) is 21.0. The van der Waals surface area contributed by atoms with Gasteiger partial charge in [0.1, 0.15) is 0 Å². The molecular formula is C29H30IrN2Y-2. The summed E-state index contributed by atoms with van der Waals surface area (Å²) < 4.78 is 2.32. The molecule has 5 rings (SSSR count). The van der Waals surface area contributed by atoms with Gasteiger partial charge in [-0.15, -0.1) is 29.7 Å². The van der Waals surface area contributed by atoms with Gasteiger partial charge in [-0.2, -0.15) is 0 Å². The number of fused-ring (bicyclic) bond motifs is 6. The van der Waals surface area contributed by atoms with Gasteiger partial charge < -0.3 is 11.8 Å². The summed E-state index contributed by atoms with van der Waals surface area (Å²) in [6.07, 6.45) is 3.07. The van der Waals surface area contributed by atoms with Gasteiger partial charge in [0, 0.05) is 70.1 Å². The summed E-state index contributed by atoms with van der Waals surface area (Å²) in [6.45, 7) is 11.2. The van der Waals surface area contributed by atoms with Crippen LogP contribution in [0.2, 0.25) is 0 Å². The van der Waals surface area contributed by atoms with Crippen molar-refractivity contribution in [2.45, 2.75) is 41.0 Å². The Bertz CT molecular complexity index is 1410. The maximum atomic E-state index is 4.87. The molecule has 33 heavy (non-hydrogen) atoms. The minimum absolute atomic E-state index is 0. The van der Waals surface area contributed by atoms with Gasteiger partial charge in [-0.3, -0.25) is 4.98 Å². The number of nitrogens with zero attached hydrogens (tertiary/aromatic N) is 2. The molecule has 0 unspecified atom stereocenters. The normalized spacial score (nSPS) is 11.2. The predicted molar refractivity (Wildman–Crippen MR) is 134 cm³/mol. The van der Waals surface area contributed by atoms with Gasteiger partial charge in [0.15, 0.2) is 0 Å². The van der Waals surface area contributed by atoms with Crippen LogP contribution in [-0.2, 0) is 59.2 Å². The van der Waals surface area contributed by atoms with Crippen LogP contribution in [-0.4, -0.2) is 9.38 Å². The second kappa shape index (κ2) is 10.5. The van der Waals surface area contributed by atoms with E-state index in [4.69, 9.17) is 4.98 Å². The average Bonchev–Trinajstić information content (AvgIpc) is 3.12. The van der Waals surface area contributed by atoms with Crippen molar-refractivity contribution in [2.24, 2.45) is 5.41 Å². The van der Waals surface area contributed by atoms with Crippen LogP contribution in [0.4, 0.5) is 0 Å². The number of hydrogen-bond acceptors (Lipinski definition) is 1. The fraction of sp³-hybridized carbons (Fsp3) is 0.241. The van der Waals surface area contributed by atoms with Crippen molar-refractivity contribution in [1.29, 1.82) is 0 Å². The summed E-state index contributed by atoms with van der Waals surface area (Å²) in [6, 6.07) is 23.1. The fourth-order valence-corrected chi connectivity index (χ4v) is 4.73. The van der Waals surface area contributed by atoms with E-state index in [1.54, 1.807) is 0 Å². The minimum Gasteiger partial charge on any atom is -0.358 e. The second-order valence-corrected chi connectivity index (χ2v) is 9.62. The van der Waals surface area contributed by atoms with Gasteiger partial charge in [-0.05, 0) is 53.8 Å². The summed E-state index contributed by atoms with van der Waals surface area (Å²) in [4.78, 5) is 4.87. The third-order valence-electron chi connectivity index (χ3n) is 5.91. The van der Waals surface area contributed by atoms with Gasteiger partial charge in [0.05, 0.1) is 11.3 Å². The molecule has 170 valence electrons. The van der Waals surface area contributed by atoms with Gasteiger partial charge >= 0.3 is 0 Å². The number of pyridine rings is 1. The molecule has 0 atom stereocenters. The first kappa shape index (κ1) is 27.9. The van der Waals surface area contributed by atoms with E-state index in [2.05, 4.69) is 93.6 Å². The molecule has 0 saturated heterocycles. The van der Waals surface area contributed by atoms with Crippen molar-refractivity contribution < 1.29 is 52.8 Å². The predicted octanol–water partition coefficient (Wildman–Crippen LogP) is 7.76. The van der Waals surface area contributed by atoms with E-state index in [-0.39, 0.29) is 65.7 Å². The van der Waals surface area contributed by atoms with E-state index >= 15 is 0 Å². The largest absolute Gasteiger partial charge is 0.358 e. The van der Waals surface area contributed by atoms with Gasteiger partial charge in [0.25, 0.3) is 0 Å². The summed E-state index contributed by atoms with van der Waals surface area (Å²) in [5, 5.41) is 3.56. The number of hydrogen-bond donors (Lipinski definition) is 0. The van der Waals surface area contributed by atoms with Gasteiger partial charge in [-0.25, -0.2) is 0 Å². The molecule has 0 saturated carbocycles. The fourth-order valence-electron chi connectivity index (χ4n) is 4.73. The van der Waals surface area contributed by atoms with Crippen molar-refractivity contribution >= 4 is 27.3 Å². The minimum atomic E-state index is 0. The molecule has 4 heteroatoms. The van der Waals surface area contributed by atoms with Gasteiger partial charge in [0.2, 0.25) is 0 Å². The number of aromatic nitrogens is 2. The van der Waals surface area contributed by atoms with Crippen LogP contribution in [0.15, 0.2) is 60.8 Å². The van der Waals surface area contributed by atoms with Crippen LogP contribution >= 0.6 is 0 Å². The quantitative estimate of drug-likeness (QED) is 0.137. The van der Waals surface area contributed by atoms with E-state index < -0.39 is 0 Å². The topological polar surface area (TPSA) is 17.3 Å². The van der Waals surface area contributed by atoms with E-state index in [0.29, 0.717) is 0 Å². The molecule has 0 amide bonds. The molecule has 2 nitrogen and oxygen atoms in total. The van der Waals surface area contributed by atoms with Crippen LogP contribution in [0.25, 0.3) is 38.6 Å². The summed E-state index contributed by atoms with van der Waals surface area (Å²) in [5.74, 6) is 0. The van der Waals surface area contributed by atoms with Crippen LogP contribution in [0.1, 0.15) is 37.5 Å². The van der Waals surface area contributed by atoms with Crippen LogP contribution in [0.3, 0.4) is 0 Å². The molecule has 0 aliphatic rings. The molecule has 0 bridgehead atoms. The van der Waals surface area contributed by atoms with E-state index in [0.717, 1.165) is 23.1 Å². The molecule has 0 spiro atoms. The molecule has 2 heterocycles. The Labute approximate surface area is 236 Å². The number of benzene rings is 3. The van der Waals surface area contributed by atoms with Crippen molar-refractivity contribution in [1.82, 2.24) is 9.38 Å². The molecule has 0 N–H and O–H groups in total. The smallest absolute Gasteiger partial charge is 0.0639 e. The van der Waals surface area contributed by atoms with E-state index in [1.807, 2.05) is 12.3 Å². The molecule has 3 aromatic carbocycles. The van der Waals surface area contributed by atoms with Crippen molar-refractivity contribution in [2.75, 3.05) is 0 Å². The first-order chi connectivity index (χ1) is 14.3. The second-order valence-electron chi connectivity index (χ2n) is 9.62. The number of aryl methyl sites for hydroxylation is 2. The SMILES string of the molecule is Cc1cccc(C)c1-c1cnc2c3[c-]cccc3c3cc(CC(C)(C)C)ccc3n12.[CH3-].[Ir].[Y]. The third-order valence-corrected chi connectivity index (χ3v) is 5.91. The van der Waals surface area contributed by atoms with Crippen LogP contribution < -0.4 is 0 Å². The van der Waals surface area contributed by atoms with Crippen molar-refractivity contribution in [3.05, 3.63) is 91.0 Å².